The highest BCUT2D eigenvalue weighted by molar-refractivity contribution is 8.00. The number of carbonyl (C=O) groups excluding carboxylic acids is 1. The fraction of sp³-hybridized carbons (Fsp3) is 0.533. The van der Waals surface area contributed by atoms with Gasteiger partial charge in [-0.1, -0.05) is 18.2 Å². The van der Waals surface area contributed by atoms with Crippen LogP contribution in [0.2, 0.25) is 0 Å². The zero-order valence-electron chi connectivity index (χ0n) is 12.4. The molecule has 0 unspecified atom stereocenters. The van der Waals surface area contributed by atoms with Gasteiger partial charge in [0.2, 0.25) is 5.91 Å². The molecule has 22 heavy (non-hydrogen) atoms. The van der Waals surface area contributed by atoms with E-state index in [1.807, 2.05) is 31.2 Å². The van der Waals surface area contributed by atoms with Gasteiger partial charge in [0.25, 0.3) is 0 Å². The Balaban J connectivity index is 2.01. The molecule has 0 spiro atoms. The summed E-state index contributed by atoms with van der Waals surface area (Å²) in [5, 5.41) is -0.460. The van der Waals surface area contributed by atoms with Gasteiger partial charge in [0, 0.05) is 17.4 Å². The van der Waals surface area contributed by atoms with E-state index in [9.17, 15) is 18.0 Å². The van der Waals surface area contributed by atoms with Crippen LogP contribution < -0.4 is 4.74 Å². The quantitative estimate of drug-likeness (QED) is 0.824. The van der Waals surface area contributed by atoms with Crippen molar-refractivity contribution < 1.29 is 22.7 Å². The molecule has 0 aromatic heterocycles. The van der Waals surface area contributed by atoms with E-state index in [1.165, 1.54) is 11.8 Å². The Kier molecular flexibility index (Phi) is 5.26. The summed E-state index contributed by atoms with van der Waals surface area (Å²) in [5.41, 5.74) is 0.942. The summed E-state index contributed by atoms with van der Waals surface area (Å²) >= 11 is 1.39. The third-order valence-electron chi connectivity index (χ3n) is 3.56. The van der Waals surface area contributed by atoms with Crippen molar-refractivity contribution in [3.8, 4) is 5.75 Å². The second-order valence-corrected chi connectivity index (χ2v) is 6.72. The van der Waals surface area contributed by atoms with E-state index >= 15 is 0 Å². The van der Waals surface area contributed by atoms with Gasteiger partial charge in [-0.25, -0.2) is 0 Å². The van der Waals surface area contributed by atoms with Crippen LogP contribution in [0.4, 0.5) is 13.2 Å². The maximum atomic E-state index is 12.4. The lowest BCUT2D eigenvalue weighted by Gasteiger charge is -2.20. The zero-order valence-corrected chi connectivity index (χ0v) is 13.2. The molecule has 1 aliphatic heterocycles. The number of methoxy groups -OCH3 is 1. The number of halogens is 3. The molecule has 1 aromatic rings. The average Bonchev–Trinajstić information content (AvgIpc) is 2.78. The van der Waals surface area contributed by atoms with Gasteiger partial charge in [0.05, 0.1) is 12.4 Å². The van der Waals surface area contributed by atoms with E-state index < -0.39 is 23.9 Å². The normalized spacial score (nSPS) is 20.3. The van der Waals surface area contributed by atoms with Crippen LogP contribution in [0.5, 0.6) is 5.75 Å². The molecule has 0 radical (unpaired) electrons. The van der Waals surface area contributed by atoms with Crippen molar-refractivity contribution in [2.45, 2.75) is 30.0 Å². The number of carbonyl (C=O) groups is 1. The zero-order chi connectivity index (χ0) is 16.3. The third-order valence-corrected chi connectivity index (χ3v) is 4.99. The maximum absolute atomic E-state index is 12.4. The first-order chi connectivity index (χ1) is 10.3. The van der Waals surface area contributed by atoms with E-state index in [0.717, 1.165) is 16.2 Å². The van der Waals surface area contributed by atoms with Crippen molar-refractivity contribution in [3.05, 3.63) is 29.8 Å². The van der Waals surface area contributed by atoms with Crippen LogP contribution in [0.15, 0.2) is 24.3 Å². The molecule has 0 saturated carbocycles. The SMILES string of the molecule is COc1ccccc1[C@H](C)S[C@H]1CCN(CC(F)(F)F)C1=O. The van der Waals surface area contributed by atoms with Crippen LogP contribution in [0, 0.1) is 0 Å². The lowest BCUT2D eigenvalue weighted by Crippen LogP contribution is -2.36. The summed E-state index contributed by atoms with van der Waals surface area (Å²) in [6.07, 6.45) is -3.90. The molecule has 0 aliphatic carbocycles. The molecule has 1 amide bonds. The molecule has 2 rings (SSSR count). The molecule has 0 bridgehead atoms. The van der Waals surface area contributed by atoms with Crippen molar-refractivity contribution in [2.75, 3.05) is 20.2 Å². The third kappa shape index (κ3) is 4.09. The summed E-state index contributed by atoms with van der Waals surface area (Å²) in [7, 11) is 1.57. The fourth-order valence-electron chi connectivity index (χ4n) is 2.53. The summed E-state index contributed by atoms with van der Waals surface area (Å²) in [4.78, 5) is 13.0. The van der Waals surface area contributed by atoms with Crippen LogP contribution in [0.1, 0.15) is 24.2 Å². The lowest BCUT2D eigenvalue weighted by atomic mass is 10.1. The number of amides is 1. The van der Waals surface area contributed by atoms with Crippen LogP contribution in [0.25, 0.3) is 0 Å². The molecule has 122 valence electrons. The summed E-state index contributed by atoms with van der Waals surface area (Å²) in [5.74, 6) is 0.296. The number of nitrogens with zero attached hydrogens (tertiary/aromatic N) is 1. The van der Waals surface area contributed by atoms with Gasteiger partial charge in [-0.15, -0.1) is 11.8 Å². The smallest absolute Gasteiger partial charge is 0.406 e. The Morgan fingerprint density at radius 2 is 2.09 bits per heavy atom. The Hall–Kier alpha value is -1.37. The molecular weight excluding hydrogens is 315 g/mol. The van der Waals surface area contributed by atoms with E-state index in [4.69, 9.17) is 4.74 Å². The van der Waals surface area contributed by atoms with Crippen LogP contribution in [0.3, 0.4) is 0 Å². The second kappa shape index (κ2) is 6.81. The number of likely N-dealkylation sites (tertiary alicyclic amines) is 1. The van der Waals surface area contributed by atoms with Crippen LogP contribution >= 0.6 is 11.8 Å². The largest absolute Gasteiger partial charge is 0.496 e. The Bertz CT molecular complexity index is 536. The van der Waals surface area contributed by atoms with Crippen molar-refractivity contribution in [2.24, 2.45) is 0 Å². The highest BCUT2D eigenvalue weighted by atomic mass is 32.2. The first kappa shape index (κ1) is 17.0. The molecule has 7 heteroatoms. The topological polar surface area (TPSA) is 29.5 Å². The second-order valence-electron chi connectivity index (χ2n) is 5.17. The first-order valence-corrected chi connectivity index (χ1v) is 7.90. The standard InChI is InChI=1S/C15H18F3NO2S/c1-10(11-5-3-4-6-12(11)21-2)22-13-7-8-19(14(13)20)9-15(16,17)18/h3-6,10,13H,7-9H2,1-2H3/t10-,13-/m0/s1. The van der Waals surface area contributed by atoms with Gasteiger partial charge in [-0.2, -0.15) is 13.2 Å². The number of rotatable bonds is 5. The number of thioether (sulfide) groups is 1. The molecular formula is C15H18F3NO2S. The predicted octanol–water partition coefficient (Wildman–Crippen LogP) is 3.65. The molecule has 1 aliphatic rings. The Labute approximate surface area is 131 Å². The Morgan fingerprint density at radius 3 is 2.73 bits per heavy atom. The Morgan fingerprint density at radius 1 is 1.41 bits per heavy atom. The molecule has 2 atom stereocenters. The van der Waals surface area contributed by atoms with Crippen LogP contribution in [-0.2, 0) is 4.79 Å². The van der Waals surface area contributed by atoms with Gasteiger partial charge >= 0.3 is 6.18 Å². The monoisotopic (exact) mass is 333 g/mol. The van der Waals surface area contributed by atoms with Crippen molar-refractivity contribution >= 4 is 17.7 Å². The molecule has 3 nitrogen and oxygen atoms in total. The van der Waals surface area contributed by atoms with Gasteiger partial charge in [0.1, 0.15) is 12.3 Å². The number of benzene rings is 1. The van der Waals surface area contributed by atoms with Crippen molar-refractivity contribution in [3.63, 3.8) is 0 Å². The first-order valence-electron chi connectivity index (χ1n) is 6.95. The minimum Gasteiger partial charge on any atom is -0.496 e. The minimum atomic E-state index is -4.34. The summed E-state index contributed by atoms with van der Waals surface area (Å²) < 4.78 is 42.5. The summed E-state index contributed by atoms with van der Waals surface area (Å²) in [6.45, 7) is 0.933. The van der Waals surface area contributed by atoms with E-state index in [1.54, 1.807) is 7.11 Å². The molecule has 1 aromatic carbocycles. The number of hydrogen-bond acceptors (Lipinski definition) is 3. The molecule has 1 fully saturated rings. The van der Waals surface area contributed by atoms with Gasteiger partial charge in [-0.3, -0.25) is 4.79 Å². The molecule has 0 N–H and O–H groups in total. The van der Waals surface area contributed by atoms with Gasteiger partial charge in [0.15, 0.2) is 0 Å². The van der Waals surface area contributed by atoms with Gasteiger partial charge in [-0.05, 0) is 19.4 Å². The fourth-order valence-corrected chi connectivity index (χ4v) is 3.87. The van der Waals surface area contributed by atoms with E-state index in [-0.39, 0.29) is 11.8 Å². The minimum absolute atomic E-state index is 0.0315. The number of ether oxygens (including phenoxy) is 1. The van der Waals surface area contributed by atoms with Crippen LogP contribution in [-0.4, -0.2) is 42.4 Å². The van der Waals surface area contributed by atoms with E-state index in [0.29, 0.717) is 6.42 Å². The van der Waals surface area contributed by atoms with Gasteiger partial charge < -0.3 is 9.64 Å². The number of alkyl halides is 3. The summed E-state index contributed by atoms with van der Waals surface area (Å²) in [6, 6.07) is 7.47. The number of hydrogen-bond donors (Lipinski definition) is 0. The maximum Gasteiger partial charge on any atom is 0.406 e. The van der Waals surface area contributed by atoms with Crippen molar-refractivity contribution in [1.29, 1.82) is 0 Å². The number of para-hydroxylation sites is 1. The van der Waals surface area contributed by atoms with E-state index in [2.05, 4.69) is 0 Å². The predicted molar refractivity (Wildman–Crippen MR) is 80.0 cm³/mol. The molecule has 1 heterocycles. The average molecular weight is 333 g/mol. The van der Waals surface area contributed by atoms with Crippen molar-refractivity contribution in [1.82, 2.24) is 4.90 Å². The highest BCUT2D eigenvalue weighted by Crippen LogP contribution is 2.40. The molecule has 1 saturated heterocycles. The highest BCUT2D eigenvalue weighted by Gasteiger charge is 2.40. The lowest BCUT2D eigenvalue weighted by molar-refractivity contribution is -0.157.